The van der Waals surface area contributed by atoms with Crippen LogP contribution in [0.4, 0.5) is 5.69 Å². The van der Waals surface area contributed by atoms with Crippen LogP contribution in [-0.2, 0) is 4.79 Å². The zero-order valence-corrected chi connectivity index (χ0v) is 12.6. The van der Waals surface area contributed by atoms with Gasteiger partial charge in [0.1, 0.15) is 0 Å². The number of aromatic nitrogens is 1. The molecule has 1 atom stereocenters. The number of nitrogens with one attached hydrogen (secondary N) is 1. The molecule has 1 aliphatic heterocycles. The van der Waals surface area contributed by atoms with Gasteiger partial charge in [0.15, 0.2) is 0 Å². The quantitative estimate of drug-likeness (QED) is 0.945. The van der Waals surface area contributed by atoms with Crippen LogP contribution >= 0.6 is 11.3 Å². The third-order valence-corrected chi connectivity index (χ3v) is 4.39. The van der Waals surface area contributed by atoms with E-state index in [4.69, 9.17) is 0 Å². The van der Waals surface area contributed by atoms with Crippen LogP contribution in [0.2, 0.25) is 0 Å². The number of thiazole rings is 1. The lowest BCUT2D eigenvalue weighted by molar-refractivity contribution is -0.121. The van der Waals surface area contributed by atoms with E-state index in [0.29, 0.717) is 6.04 Å². The summed E-state index contributed by atoms with van der Waals surface area (Å²) in [4.78, 5) is 18.8. The molecular formula is C15H19N3OS. The lowest BCUT2D eigenvalue weighted by Crippen LogP contribution is -2.52. The average Bonchev–Trinajstić information content (AvgIpc) is 2.88. The highest BCUT2D eigenvalue weighted by atomic mass is 32.1. The van der Waals surface area contributed by atoms with Crippen LogP contribution in [0.3, 0.4) is 0 Å². The van der Waals surface area contributed by atoms with Crippen molar-refractivity contribution in [2.45, 2.75) is 38.8 Å². The van der Waals surface area contributed by atoms with Gasteiger partial charge in [0.2, 0.25) is 5.91 Å². The molecule has 0 aliphatic carbocycles. The van der Waals surface area contributed by atoms with Crippen molar-refractivity contribution in [3.05, 3.63) is 23.7 Å². The maximum atomic E-state index is 12.6. The third kappa shape index (κ3) is 2.55. The van der Waals surface area contributed by atoms with Crippen molar-refractivity contribution >= 4 is 33.1 Å². The number of piperidine rings is 1. The van der Waals surface area contributed by atoms with Gasteiger partial charge in [-0.2, -0.15) is 0 Å². The minimum atomic E-state index is -0.0547. The topological polar surface area (TPSA) is 45.2 Å². The lowest BCUT2D eigenvalue weighted by atomic mass is 10.0. The standard InChI is InChI=1S/C15H19N3OS/c1-10(2)17-13-4-3-7-18(15(13)19)11-5-6-12-14(8-11)20-9-16-12/h5-6,8-10,13,17H,3-4,7H2,1-2H3. The smallest absolute Gasteiger partial charge is 0.244 e. The van der Waals surface area contributed by atoms with Crippen molar-refractivity contribution < 1.29 is 4.79 Å². The summed E-state index contributed by atoms with van der Waals surface area (Å²) < 4.78 is 1.13. The Balaban J connectivity index is 1.86. The molecule has 0 spiro atoms. The molecule has 1 aliphatic rings. The van der Waals surface area contributed by atoms with Gasteiger partial charge in [-0.3, -0.25) is 4.79 Å². The third-order valence-electron chi connectivity index (χ3n) is 3.60. The first-order chi connectivity index (χ1) is 9.65. The van der Waals surface area contributed by atoms with Gasteiger partial charge in [0.05, 0.1) is 21.8 Å². The Morgan fingerprint density at radius 3 is 3.10 bits per heavy atom. The zero-order valence-electron chi connectivity index (χ0n) is 11.8. The van der Waals surface area contributed by atoms with E-state index in [1.165, 1.54) is 0 Å². The van der Waals surface area contributed by atoms with Crippen LogP contribution in [0, 0.1) is 0 Å². The normalized spacial score (nSPS) is 20.1. The second kappa shape index (κ2) is 5.50. The molecule has 0 bridgehead atoms. The Labute approximate surface area is 122 Å². The summed E-state index contributed by atoms with van der Waals surface area (Å²) in [6.07, 6.45) is 1.97. The second-order valence-electron chi connectivity index (χ2n) is 5.51. The molecule has 2 aromatic rings. The van der Waals surface area contributed by atoms with E-state index < -0.39 is 0 Å². The summed E-state index contributed by atoms with van der Waals surface area (Å²) in [5.41, 5.74) is 3.83. The fraction of sp³-hybridized carbons (Fsp3) is 0.467. The number of nitrogens with zero attached hydrogens (tertiary/aromatic N) is 2. The first-order valence-corrected chi connectivity index (χ1v) is 7.94. The Bertz CT molecular complexity index is 622. The van der Waals surface area contributed by atoms with Crippen molar-refractivity contribution in [2.75, 3.05) is 11.4 Å². The van der Waals surface area contributed by atoms with E-state index >= 15 is 0 Å². The van der Waals surface area contributed by atoms with Crippen LogP contribution in [0.25, 0.3) is 10.2 Å². The largest absolute Gasteiger partial charge is 0.311 e. The van der Waals surface area contributed by atoms with E-state index in [9.17, 15) is 4.79 Å². The highest BCUT2D eigenvalue weighted by molar-refractivity contribution is 7.16. The molecule has 20 heavy (non-hydrogen) atoms. The Kier molecular flexibility index (Phi) is 3.72. The predicted octanol–water partition coefficient (Wildman–Crippen LogP) is 2.79. The lowest BCUT2D eigenvalue weighted by Gasteiger charge is -2.33. The SMILES string of the molecule is CC(C)NC1CCCN(c2ccc3ncsc3c2)C1=O. The molecule has 1 aromatic heterocycles. The molecule has 1 aromatic carbocycles. The summed E-state index contributed by atoms with van der Waals surface area (Å²) in [5.74, 6) is 0.189. The fourth-order valence-electron chi connectivity index (χ4n) is 2.70. The van der Waals surface area contributed by atoms with Gasteiger partial charge in [0.25, 0.3) is 0 Å². The minimum Gasteiger partial charge on any atom is -0.311 e. The van der Waals surface area contributed by atoms with E-state index in [1.807, 2.05) is 22.5 Å². The zero-order chi connectivity index (χ0) is 14.1. The number of rotatable bonds is 3. The molecule has 5 heteroatoms. The minimum absolute atomic E-state index is 0.0547. The van der Waals surface area contributed by atoms with E-state index in [0.717, 1.165) is 35.3 Å². The molecular weight excluding hydrogens is 270 g/mol. The van der Waals surface area contributed by atoms with Gasteiger partial charge < -0.3 is 10.2 Å². The average molecular weight is 289 g/mol. The molecule has 3 rings (SSSR count). The Hall–Kier alpha value is -1.46. The summed E-state index contributed by atoms with van der Waals surface area (Å²) in [5, 5.41) is 3.36. The summed E-state index contributed by atoms with van der Waals surface area (Å²) in [6, 6.07) is 6.34. The van der Waals surface area contributed by atoms with Gasteiger partial charge in [-0.1, -0.05) is 13.8 Å². The van der Waals surface area contributed by atoms with Gasteiger partial charge >= 0.3 is 0 Å². The van der Waals surface area contributed by atoms with Gasteiger partial charge in [-0.05, 0) is 31.0 Å². The molecule has 4 nitrogen and oxygen atoms in total. The molecule has 1 saturated heterocycles. The molecule has 0 saturated carbocycles. The van der Waals surface area contributed by atoms with Gasteiger partial charge in [-0.15, -0.1) is 11.3 Å². The van der Waals surface area contributed by atoms with Crippen molar-refractivity contribution in [3.63, 3.8) is 0 Å². The maximum Gasteiger partial charge on any atom is 0.244 e. The number of anilines is 1. The van der Waals surface area contributed by atoms with Crippen LogP contribution in [0.15, 0.2) is 23.7 Å². The van der Waals surface area contributed by atoms with Crippen molar-refractivity contribution in [2.24, 2.45) is 0 Å². The summed E-state index contributed by atoms with van der Waals surface area (Å²) in [7, 11) is 0. The first-order valence-electron chi connectivity index (χ1n) is 7.06. The van der Waals surface area contributed by atoms with Gasteiger partial charge in [-0.25, -0.2) is 4.98 Å². The second-order valence-corrected chi connectivity index (χ2v) is 6.40. The van der Waals surface area contributed by atoms with E-state index in [2.05, 4.69) is 30.2 Å². The molecule has 1 amide bonds. The number of amides is 1. The predicted molar refractivity (Wildman–Crippen MR) is 83.3 cm³/mol. The summed E-state index contributed by atoms with van der Waals surface area (Å²) >= 11 is 1.61. The Morgan fingerprint density at radius 1 is 1.45 bits per heavy atom. The van der Waals surface area contributed by atoms with Crippen molar-refractivity contribution in [3.8, 4) is 0 Å². The van der Waals surface area contributed by atoms with Crippen LogP contribution in [-0.4, -0.2) is 29.5 Å². The molecule has 1 unspecified atom stereocenters. The van der Waals surface area contributed by atoms with Crippen LogP contribution < -0.4 is 10.2 Å². The van der Waals surface area contributed by atoms with E-state index in [-0.39, 0.29) is 11.9 Å². The number of hydrogen-bond donors (Lipinski definition) is 1. The van der Waals surface area contributed by atoms with Crippen LogP contribution in [0.1, 0.15) is 26.7 Å². The van der Waals surface area contributed by atoms with Crippen molar-refractivity contribution in [1.82, 2.24) is 10.3 Å². The monoisotopic (exact) mass is 289 g/mol. The molecule has 2 heterocycles. The highest BCUT2D eigenvalue weighted by Gasteiger charge is 2.29. The van der Waals surface area contributed by atoms with E-state index in [1.54, 1.807) is 11.3 Å². The number of carbonyl (C=O) groups is 1. The first kappa shape index (κ1) is 13.5. The number of carbonyl (C=O) groups excluding carboxylic acids is 1. The number of benzene rings is 1. The number of hydrogen-bond acceptors (Lipinski definition) is 4. The summed E-state index contributed by atoms with van der Waals surface area (Å²) in [6.45, 7) is 4.96. The van der Waals surface area contributed by atoms with Crippen molar-refractivity contribution in [1.29, 1.82) is 0 Å². The van der Waals surface area contributed by atoms with Crippen LogP contribution in [0.5, 0.6) is 0 Å². The molecule has 1 N–H and O–H groups in total. The highest BCUT2D eigenvalue weighted by Crippen LogP contribution is 2.27. The molecule has 0 radical (unpaired) electrons. The Morgan fingerprint density at radius 2 is 2.30 bits per heavy atom. The van der Waals surface area contributed by atoms with Gasteiger partial charge in [0, 0.05) is 18.3 Å². The number of fused-ring (bicyclic) bond motifs is 1. The molecule has 106 valence electrons. The maximum absolute atomic E-state index is 12.6. The fourth-order valence-corrected chi connectivity index (χ4v) is 3.41. The molecule has 1 fully saturated rings.